The van der Waals surface area contributed by atoms with Crippen LogP contribution in [-0.2, 0) is 24.4 Å². The topological polar surface area (TPSA) is 90.3 Å². The predicted octanol–water partition coefficient (Wildman–Crippen LogP) is 6.03. The number of alkyl halides is 5. The first-order valence-electron chi connectivity index (χ1n) is 13.1. The number of rotatable bonds is 9. The highest BCUT2D eigenvalue weighted by atomic mass is 32.1. The molecule has 1 heterocycles. The minimum atomic E-state index is -4.50. The van der Waals surface area contributed by atoms with Crippen molar-refractivity contribution in [2.24, 2.45) is 17.3 Å². The predicted molar refractivity (Wildman–Crippen MR) is 143 cm³/mol. The standard InChI is InChI=1S/C28H34F5N3O2.O2S/c1-6-20-24(25(37)34-16-18-10-8-17(3)9-11-18)35-23(7-2)36(20)21-13-12-19(14-22(21)38-26(29)30)15-27(4,5)28(31,32)33;1-3-2/h1,12-14,17-18,26H,7-11,15-16H2,2-5H3,(H,34,37);. The van der Waals surface area contributed by atoms with Crippen LogP contribution in [-0.4, -0.2) is 43.2 Å². The number of hydrogen-bond donors (Lipinski definition) is 1. The third kappa shape index (κ3) is 8.86. The molecule has 2 aromatic rings. The summed E-state index contributed by atoms with van der Waals surface area (Å²) < 4.78 is 89.6. The zero-order valence-electron chi connectivity index (χ0n) is 23.3. The second kappa shape index (κ2) is 14.6. The summed E-state index contributed by atoms with van der Waals surface area (Å²) >= 11 is -0.750. The molecule has 0 aliphatic heterocycles. The van der Waals surface area contributed by atoms with E-state index in [2.05, 4.69) is 23.1 Å². The number of carbonyl (C=O) groups is 1. The van der Waals surface area contributed by atoms with Crippen LogP contribution in [0.5, 0.6) is 5.75 Å². The third-order valence-corrected chi connectivity index (χ3v) is 7.20. The molecule has 0 spiro atoms. The molecule has 1 fully saturated rings. The van der Waals surface area contributed by atoms with Gasteiger partial charge in [0.15, 0.2) is 5.69 Å². The number of nitrogens with one attached hydrogen (secondary N) is 1. The number of ether oxygens (including phenoxy) is 1. The summed E-state index contributed by atoms with van der Waals surface area (Å²) in [6, 6.07) is 3.93. The zero-order chi connectivity index (χ0) is 31.0. The number of terminal acetylenes is 1. The van der Waals surface area contributed by atoms with Crippen molar-refractivity contribution in [2.75, 3.05) is 6.54 Å². The van der Waals surface area contributed by atoms with Gasteiger partial charge in [-0.25, -0.2) is 4.98 Å². The first kappa shape index (κ1) is 33.9. The molecule has 1 aromatic heterocycles. The Morgan fingerprint density at radius 3 is 2.34 bits per heavy atom. The lowest BCUT2D eigenvalue weighted by Crippen LogP contribution is -2.34. The molecule has 0 bridgehead atoms. The van der Waals surface area contributed by atoms with Crippen LogP contribution in [0.25, 0.3) is 5.69 Å². The van der Waals surface area contributed by atoms with E-state index in [9.17, 15) is 26.7 Å². The number of aromatic nitrogens is 2. The lowest BCUT2D eigenvalue weighted by Gasteiger charge is -2.28. The maximum atomic E-state index is 13.4. The number of halogens is 5. The van der Waals surface area contributed by atoms with E-state index >= 15 is 0 Å². The summed E-state index contributed by atoms with van der Waals surface area (Å²) in [6.07, 6.45) is 5.36. The molecular formula is C28H34F5N3O4S. The van der Waals surface area contributed by atoms with Gasteiger partial charge in [-0.2, -0.15) is 30.4 Å². The third-order valence-electron chi connectivity index (χ3n) is 7.20. The van der Waals surface area contributed by atoms with Crippen LogP contribution in [0.3, 0.4) is 0 Å². The maximum Gasteiger partial charge on any atom is 0.394 e. The van der Waals surface area contributed by atoms with Crippen molar-refractivity contribution >= 4 is 17.5 Å². The molecule has 1 amide bonds. The minimum Gasteiger partial charge on any atom is -0.433 e. The van der Waals surface area contributed by atoms with Gasteiger partial charge in [0.2, 0.25) is 0 Å². The molecule has 1 N–H and O–H groups in total. The van der Waals surface area contributed by atoms with E-state index in [-0.39, 0.29) is 28.4 Å². The van der Waals surface area contributed by atoms with Gasteiger partial charge >= 0.3 is 24.4 Å². The summed E-state index contributed by atoms with van der Waals surface area (Å²) in [5.74, 6) is 2.98. The minimum absolute atomic E-state index is 0.0150. The molecule has 1 saturated carbocycles. The Morgan fingerprint density at radius 2 is 1.83 bits per heavy atom. The smallest absolute Gasteiger partial charge is 0.394 e. The van der Waals surface area contributed by atoms with E-state index in [4.69, 9.17) is 19.6 Å². The van der Waals surface area contributed by atoms with Gasteiger partial charge in [0.1, 0.15) is 17.3 Å². The van der Waals surface area contributed by atoms with Gasteiger partial charge in [-0.3, -0.25) is 9.36 Å². The van der Waals surface area contributed by atoms with Gasteiger partial charge in [-0.1, -0.05) is 46.6 Å². The Kier molecular flexibility index (Phi) is 12.1. The van der Waals surface area contributed by atoms with Gasteiger partial charge in [-0.05, 0) is 54.7 Å². The fourth-order valence-electron chi connectivity index (χ4n) is 4.76. The molecule has 0 atom stereocenters. The van der Waals surface area contributed by atoms with Crippen molar-refractivity contribution in [1.82, 2.24) is 14.9 Å². The lowest BCUT2D eigenvalue weighted by atomic mass is 9.83. The molecule has 13 heteroatoms. The molecule has 1 aliphatic rings. The first-order valence-corrected chi connectivity index (χ1v) is 13.8. The van der Waals surface area contributed by atoms with Crippen molar-refractivity contribution in [3.8, 4) is 23.8 Å². The van der Waals surface area contributed by atoms with Gasteiger partial charge in [0, 0.05) is 13.0 Å². The fraction of sp³-hybridized carbons (Fsp3) is 0.571. The molecule has 0 radical (unpaired) electrons. The molecule has 41 heavy (non-hydrogen) atoms. The summed E-state index contributed by atoms with van der Waals surface area (Å²) in [5.41, 5.74) is -1.83. The Balaban J connectivity index is 0.00000187. The van der Waals surface area contributed by atoms with E-state index in [1.807, 2.05) is 0 Å². The molecule has 1 aromatic carbocycles. The Labute approximate surface area is 239 Å². The number of nitrogens with zero attached hydrogens (tertiary/aromatic N) is 2. The van der Waals surface area contributed by atoms with Crippen molar-refractivity contribution in [2.45, 2.75) is 79.0 Å². The average Bonchev–Trinajstić information content (AvgIpc) is 3.26. The van der Waals surface area contributed by atoms with Crippen LogP contribution in [0.2, 0.25) is 0 Å². The van der Waals surface area contributed by atoms with Crippen LogP contribution in [0.4, 0.5) is 22.0 Å². The molecule has 7 nitrogen and oxygen atoms in total. The van der Waals surface area contributed by atoms with Crippen molar-refractivity contribution in [3.63, 3.8) is 0 Å². The normalized spacial score (nSPS) is 17.3. The summed E-state index contributed by atoms with van der Waals surface area (Å²) in [6.45, 7) is 3.29. The summed E-state index contributed by atoms with van der Waals surface area (Å²) in [4.78, 5) is 17.5. The zero-order valence-corrected chi connectivity index (χ0v) is 24.1. The lowest BCUT2D eigenvalue weighted by molar-refractivity contribution is -0.211. The molecule has 0 saturated heterocycles. The highest BCUT2D eigenvalue weighted by Crippen LogP contribution is 2.41. The number of amides is 1. The molecule has 3 rings (SSSR count). The Morgan fingerprint density at radius 1 is 1.22 bits per heavy atom. The Hall–Kier alpha value is -3.27. The monoisotopic (exact) mass is 603 g/mol. The average molecular weight is 604 g/mol. The van der Waals surface area contributed by atoms with Crippen molar-refractivity contribution < 1.29 is 39.9 Å². The largest absolute Gasteiger partial charge is 0.433 e. The second-order valence-corrected chi connectivity index (χ2v) is 10.8. The quantitative estimate of drug-likeness (QED) is 0.279. The van der Waals surface area contributed by atoms with Gasteiger partial charge in [-0.15, -0.1) is 6.42 Å². The van der Waals surface area contributed by atoms with Crippen LogP contribution in [0.15, 0.2) is 18.2 Å². The molecule has 226 valence electrons. The van der Waals surface area contributed by atoms with Crippen LogP contribution in [0.1, 0.15) is 80.9 Å². The van der Waals surface area contributed by atoms with Crippen molar-refractivity contribution in [1.29, 1.82) is 0 Å². The Bertz CT molecular complexity index is 1270. The molecule has 0 unspecified atom stereocenters. The number of carbonyl (C=O) groups excluding carboxylic acids is 1. The molecular weight excluding hydrogens is 569 g/mol. The fourth-order valence-corrected chi connectivity index (χ4v) is 4.76. The van der Waals surface area contributed by atoms with E-state index < -0.39 is 42.1 Å². The summed E-state index contributed by atoms with van der Waals surface area (Å²) in [5, 5.41) is 2.90. The molecule has 1 aliphatic carbocycles. The van der Waals surface area contributed by atoms with E-state index in [0.29, 0.717) is 30.6 Å². The van der Waals surface area contributed by atoms with Crippen molar-refractivity contribution in [3.05, 3.63) is 41.0 Å². The number of hydrogen-bond acceptors (Lipinski definition) is 5. The SMILES string of the molecule is C#Cc1c(C(=O)NCC2CCC(C)CC2)nc(CC)n1-c1ccc(CC(C)(C)C(F)(F)F)cc1OC(F)F.O=S=O. The number of aryl methyl sites for hydroxylation is 1. The van der Waals surface area contributed by atoms with Crippen LogP contribution >= 0.6 is 0 Å². The number of benzene rings is 1. The first-order chi connectivity index (χ1) is 19.2. The van der Waals surface area contributed by atoms with E-state index in [1.54, 1.807) is 6.92 Å². The summed E-state index contributed by atoms with van der Waals surface area (Å²) in [7, 11) is 0. The highest BCUT2D eigenvalue weighted by molar-refractivity contribution is 7.51. The number of imidazole rings is 1. The second-order valence-electron chi connectivity index (χ2n) is 10.7. The van der Waals surface area contributed by atoms with E-state index in [1.165, 1.54) is 16.7 Å². The van der Waals surface area contributed by atoms with Gasteiger partial charge in [0.05, 0.1) is 11.1 Å². The highest BCUT2D eigenvalue weighted by Gasteiger charge is 2.47. The maximum absolute atomic E-state index is 13.4. The van der Waals surface area contributed by atoms with Crippen LogP contribution in [0, 0.1) is 29.6 Å². The van der Waals surface area contributed by atoms with Gasteiger partial charge < -0.3 is 10.1 Å². The van der Waals surface area contributed by atoms with Crippen LogP contribution < -0.4 is 10.1 Å². The van der Waals surface area contributed by atoms with E-state index in [0.717, 1.165) is 45.6 Å². The van der Waals surface area contributed by atoms with Gasteiger partial charge in [0.25, 0.3) is 5.91 Å².